The van der Waals surface area contributed by atoms with Crippen molar-refractivity contribution in [3.05, 3.63) is 35.4 Å². The summed E-state index contributed by atoms with van der Waals surface area (Å²) in [6.45, 7) is 7.52. The first-order valence-corrected chi connectivity index (χ1v) is 8.59. The van der Waals surface area contributed by atoms with E-state index >= 15 is 0 Å². The molecule has 1 aromatic rings. The van der Waals surface area contributed by atoms with E-state index in [0.717, 1.165) is 11.8 Å². The predicted molar refractivity (Wildman–Crippen MR) is 88.8 cm³/mol. The Morgan fingerprint density at radius 3 is 2.90 bits per heavy atom. The predicted octanol–water partition coefficient (Wildman–Crippen LogP) is 3.33. The number of morpholine rings is 1. The third kappa shape index (κ3) is 4.82. The molecule has 1 unspecified atom stereocenters. The Hall–Kier alpha value is -0.870. The second-order valence-corrected chi connectivity index (χ2v) is 7.06. The van der Waals surface area contributed by atoms with Crippen molar-refractivity contribution in [1.82, 2.24) is 4.90 Å². The van der Waals surface area contributed by atoms with Gasteiger partial charge in [0.15, 0.2) is 0 Å². The largest absolute Gasteiger partial charge is 0.368 e. The van der Waals surface area contributed by atoms with Gasteiger partial charge in [0.25, 0.3) is 0 Å². The highest BCUT2D eigenvalue weighted by Gasteiger charge is 2.34. The molecule has 1 saturated heterocycles. The van der Waals surface area contributed by atoms with Crippen molar-refractivity contribution in [2.45, 2.75) is 45.3 Å². The van der Waals surface area contributed by atoms with Gasteiger partial charge in [0.05, 0.1) is 11.7 Å². The van der Waals surface area contributed by atoms with Crippen molar-refractivity contribution < 1.29 is 9.53 Å². The highest BCUT2D eigenvalue weighted by molar-refractivity contribution is 9.09. The number of carbonyl (C=O) groups excluding carboxylic acids is 1. The van der Waals surface area contributed by atoms with E-state index in [1.165, 1.54) is 11.1 Å². The van der Waals surface area contributed by atoms with Crippen LogP contribution < -0.4 is 0 Å². The van der Waals surface area contributed by atoms with E-state index < -0.39 is 0 Å². The second-order valence-electron chi connectivity index (χ2n) is 6.42. The highest BCUT2D eigenvalue weighted by atomic mass is 79.9. The van der Waals surface area contributed by atoms with Crippen LogP contribution in [-0.2, 0) is 16.0 Å². The first-order valence-electron chi connectivity index (χ1n) is 7.47. The van der Waals surface area contributed by atoms with Crippen molar-refractivity contribution in [2.75, 3.05) is 18.4 Å². The summed E-state index contributed by atoms with van der Waals surface area (Å²) in [4.78, 5) is 14.4. The summed E-state index contributed by atoms with van der Waals surface area (Å²) in [5.41, 5.74) is 2.20. The molecule has 0 radical (unpaired) electrons. The molecule has 1 aliphatic rings. The molecule has 2 rings (SSSR count). The van der Waals surface area contributed by atoms with Gasteiger partial charge in [0, 0.05) is 24.8 Å². The van der Waals surface area contributed by atoms with Crippen molar-refractivity contribution in [1.29, 1.82) is 0 Å². The van der Waals surface area contributed by atoms with Crippen molar-refractivity contribution in [3.8, 4) is 0 Å². The normalized spacial score (nSPS) is 21.3. The highest BCUT2D eigenvalue weighted by Crippen LogP contribution is 2.23. The molecule has 1 amide bonds. The van der Waals surface area contributed by atoms with E-state index in [4.69, 9.17) is 4.74 Å². The molecule has 0 bridgehead atoms. The fraction of sp³-hybridized carbons (Fsp3) is 0.588. The SMILES string of the molecule is Cc1cccc(CCC(=O)N2CC(CBr)OC(C)(C)C2)c1. The zero-order valence-corrected chi connectivity index (χ0v) is 14.6. The minimum Gasteiger partial charge on any atom is -0.368 e. The summed E-state index contributed by atoms with van der Waals surface area (Å²) in [5, 5.41) is 0.762. The molecule has 1 atom stereocenters. The lowest BCUT2D eigenvalue weighted by Gasteiger charge is -2.42. The number of carbonyl (C=O) groups is 1. The number of alkyl halides is 1. The summed E-state index contributed by atoms with van der Waals surface area (Å²) in [7, 11) is 0. The van der Waals surface area contributed by atoms with E-state index in [-0.39, 0.29) is 17.6 Å². The molecule has 1 heterocycles. The molecule has 3 nitrogen and oxygen atoms in total. The van der Waals surface area contributed by atoms with Crippen LogP contribution >= 0.6 is 15.9 Å². The molecular weight excluding hydrogens is 330 g/mol. The van der Waals surface area contributed by atoms with Crippen LogP contribution in [0.15, 0.2) is 24.3 Å². The number of amides is 1. The zero-order valence-electron chi connectivity index (χ0n) is 13.1. The van der Waals surface area contributed by atoms with Gasteiger partial charge in [-0.2, -0.15) is 0 Å². The molecule has 0 aromatic heterocycles. The topological polar surface area (TPSA) is 29.5 Å². The Morgan fingerprint density at radius 2 is 2.24 bits per heavy atom. The molecule has 0 saturated carbocycles. The van der Waals surface area contributed by atoms with Crippen LogP contribution in [0.1, 0.15) is 31.4 Å². The number of rotatable bonds is 4. The summed E-state index contributed by atoms with van der Waals surface area (Å²) in [6, 6.07) is 8.37. The van der Waals surface area contributed by atoms with Gasteiger partial charge in [-0.1, -0.05) is 45.8 Å². The minimum atomic E-state index is -0.268. The van der Waals surface area contributed by atoms with Crippen LogP contribution in [-0.4, -0.2) is 40.9 Å². The van der Waals surface area contributed by atoms with E-state index in [0.29, 0.717) is 19.5 Å². The third-order valence-electron chi connectivity index (χ3n) is 3.72. The number of benzene rings is 1. The number of hydrogen-bond acceptors (Lipinski definition) is 2. The summed E-state index contributed by atoms with van der Waals surface area (Å²) in [6.07, 6.45) is 1.45. The van der Waals surface area contributed by atoms with Crippen LogP contribution in [0.2, 0.25) is 0 Å². The lowest BCUT2D eigenvalue weighted by molar-refractivity contribution is -0.157. The molecular formula is C17H24BrNO2. The Labute approximate surface area is 135 Å². The molecule has 1 aromatic carbocycles. The first-order chi connectivity index (χ1) is 9.89. The number of ether oxygens (including phenoxy) is 1. The maximum absolute atomic E-state index is 12.5. The van der Waals surface area contributed by atoms with Crippen LogP contribution in [0.4, 0.5) is 0 Å². The first kappa shape index (κ1) is 16.5. The quantitative estimate of drug-likeness (QED) is 0.777. The van der Waals surface area contributed by atoms with Gasteiger partial charge in [-0.25, -0.2) is 0 Å². The van der Waals surface area contributed by atoms with Gasteiger partial charge in [0.1, 0.15) is 0 Å². The monoisotopic (exact) mass is 353 g/mol. The van der Waals surface area contributed by atoms with Gasteiger partial charge < -0.3 is 9.64 Å². The van der Waals surface area contributed by atoms with Gasteiger partial charge in [-0.05, 0) is 32.8 Å². The lowest BCUT2D eigenvalue weighted by atomic mass is 10.0. The van der Waals surface area contributed by atoms with Crippen LogP contribution in [0.3, 0.4) is 0 Å². The molecule has 0 aliphatic carbocycles. The summed E-state index contributed by atoms with van der Waals surface area (Å²) in [5.74, 6) is 0.221. The Bertz CT molecular complexity index is 501. The average Bonchev–Trinajstić information content (AvgIpc) is 2.43. The van der Waals surface area contributed by atoms with Gasteiger partial charge >= 0.3 is 0 Å². The van der Waals surface area contributed by atoms with E-state index in [2.05, 4.69) is 41.1 Å². The second kappa shape index (κ2) is 6.93. The van der Waals surface area contributed by atoms with Crippen molar-refractivity contribution in [2.24, 2.45) is 0 Å². The minimum absolute atomic E-state index is 0.0802. The standard InChI is InChI=1S/C17H24BrNO2/c1-13-5-4-6-14(9-13)7-8-16(20)19-11-15(10-18)21-17(2,3)12-19/h4-6,9,15H,7-8,10-12H2,1-3H3. The summed E-state index contributed by atoms with van der Waals surface area (Å²) < 4.78 is 5.94. The van der Waals surface area contributed by atoms with Crippen LogP contribution in [0, 0.1) is 6.92 Å². The fourth-order valence-corrected chi connectivity index (χ4v) is 3.18. The van der Waals surface area contributed by atoms with Gasteiger partial charge in [-0.3, -0.25) is 4.79 Å². The van der Waals surface area contributed by atoms with Gasteiger partial charge in [0.2, 0.25) is 5.91 Å². The smallest absolute Gasteiger partial charge is 0.223 e. The molecule has 116 valence electrons. The van der Waals surface area contributed by atoms with Crippen molar-refractivity contribution in [3.63, 3.8) is 0 Å². The van der Waals surface area contributed by atoms with E-state index in [1.807, 2.05) is 24.8 Å². The maximum Gasteiger partial charge on any atom is 0.223 e. The number of halogens is 1. The molecule has 1 fully saturated rings. The number of nitrogens with zero attached hydrogens (tertiary/aromatic N) is 1. The van der Waals surface area contributed by atoms with Crippen molar-refractivity contribution >= 4 is 21.8 Å². The van der Waals surface area contributed by atoms with Crippen LogP contribution in [0.25, 0.3) is 0 Å². The van der Waals surface area contributed by atoms with E-state index in [1.54, 1.807) is 0 Å². The molecule has 0 N–H and O–H groups in total. The van der Waals surface area contributed by atoms with Gasteiger partial charge in [-0.15, -0.1) is 0 Å². The zero-order chi connectivity index (χ0) is 15.5. The Morgan fingerprint density at radius 1 is 1.48 bits per heavy atom. The number of hydrogen-bond donors (Lipinski definition) is 0. The molecule has 1 aliphatic heterocycles. The third-order valence-corrected chi connectivity index (χ3v) is 4.44. The molecule has 4 heteroatoms. The molecule has 21 heavy (non-hydrogen) atoms. The lowest BCUT2D eigenvalue weighted by Crippen LogP contribution is -2.55. The fourth-order valence-electron chi connectivity index (χ4n) is 2.84. The van der Waals surface area contributed by atoms with Crippen LogP contribution in [0.5, 0.6) is 0 Å². The summed E-state index contributed by atoms with van der Waals surface area (Å²) >= 11 is 3.46. The Balaban J connectivity index is 1.93. The number of aryl methyl sites for hydroxylation is 2. The maximum atomic E-state index is 12.5. The average molecular weight is 354 g/mol. The molecule has 0 spiro atoms. The van der Waals surface area contributed by atoms with E-state index in [9.17, 15) is 4.79 Å². The Kier molecular flexibility index (Phi) is 5.44.